The number of carbonyl (C=O) groups is 1. The quantitative estimate of drug-likeness (QED) is 0.720. The molecule has 0 saturated heterocycles. The molecule has 2 aromatic carbocycles. The van der Waals surface area contributed by atoms with Crippen molar-refractivity contribution in [2.24, 2.45) is 12.2 Å². The summed E-state index contributed by atoms with van der Waals surface area (Å²) in [5, 5.41) is 21.8. The molecule has 0 bridgehead atoms. The van der Waals surface area contributed by atoms with Gasteiger partial charge in [-0.25, -0.2) is 4.79 Å². The number of hydrogen-bond acceptors (Lipinski definition) is 4. The minimum Gasteiger partial charge on any atom is -0.477 e. The molecule has 1 aromatic heterocycles. The Labute approximate surface area is 143 Å². The number of benzene rings is 2. The highest BCUT2D eigenvalue weighted by Crippen LogP contribution is 2.34. The molecule has 3 rings (SSSR count). The molecule has 0 unspecified atom stereocenters. The number of aryl methyl sites for hydroxylation is 1. The van der Waals surface area contributed by atoms with Gasteiger partial charge in [0.2, 0.25) is 0 Å². The Balaban J connectivity index is 2.12. The Morgan fingerprint density at radius 2 is 1.76 bits per heavy atom. The molecule has 6 heteroatoms. The Kier molecular flexibility index (Phi) is 4.14. The van der Waals surface area contributed by atoms with Crippen molar-refractivity contribution in [2.45, 2.75) is 0 Å². The summed E-state index contributed by atoms with van der Waals surface area (Å²) >= 11 is 0. The first-order valence-corrected chi connectivity index (χ1v) is 7.42. The summed E-state index contributed by atoms with van der Waals surface area (Å²) in [6.45, 7) is 0. The highest BCUT2D eigenvalue weighted by Gasteiger charge is 2.21. The van der Waals surface area contributed by atoms with Gasteiger partial charge in [0.25, 0.3) is 0 Å². The van der Waals surface area contributed by atoms with Gasteiger partial charge in [-0.2, -0.15) is 5.26 Å². The first-order valence-electron chi connectivity index (χ1n) is 7.42. The SMILES string of the molecule is Cn1cc(C#N)c(-c2ccc(-c3ccccc3N=O)cc2)c1C(=O)O. The lowest BCUT2D eigenvalue weighted by Gasteiger charge is -2.07. The van der Waals surface area contributed by atoms with Crippen molar-refractivity contribution in [3.05, 3.63) is 70.9 Å². The van der Waals surface area contributed by atoms with Crippen LogP contribution in [-0.4, -0.2) is 15.6 Å². The van der Waals surface area contributed by atoms with Crippen LogP contribution in [0.5, 0.6) is 0 Å². The van der Waals surface area contributed by atoms with Gasteiger partial charge in [0.1, 0.15) is 17.5 Å². The number of nitroso groups, excluding NO2 is 1. The van der Waals surface area contributed by atoms with Crippen LogP contribution < -0.4 is 0 Å². The second-order valence-corrected chi connectivity index (χ2v) is 5.48. The molecule has 3 aromatic rings. The largest absolute Gasteiger partial charge is 0.477 e. The molecule has 0 spiro atoms. The van der Waals surface area contributed by atoms with E-state index in [1.54, 1.807) is 49.5 Å². The lowest BCUT2D eigenvalue weighted by atomic mass is 9.97. The van der Waals surface area contributed by atoms with Gasteiger partial charge >= 0.3 is 5.97 Å². The standard InChI is InChI=1S/C19H13N3O3/c1-22-11-14(10-20)17(18(22)19(23)24)13-8-6-12(7-9-13)15-4-2-3-5-16(15)21-25/h2-9,11H,1H3,(H,23,24). The Bertz CT molecular complexity index is 1010. The normalized spacial score (nSPS) is 10.2. The number of nitrogens with zero attached hydrogens (tertiary/aromatic N) is 3. The van der Waals surface area contributed by atoms with E-state index in [-0.39, 0.29) is 5.69 Å². The van der Waals surface area contributed by atoms with Crippen LogP contribution in [0.15, 0.2) is 59.9 Å². The summed E-state index contributed by atoms with van der Waals surface area (Å²) in [5.41, 5.74) is 3.16. The molecule has 0 saturated carbocycles. The number of rotatable bonds is 4. The summed E-state index contributed by atoms with van der Waals surface area (Å²) in [6.07, 6.45) is 1.50. The van der Waals surface area contributed by atoms with E-state index in [1.807, 2.05) is 12.1 Å². The predicted octanol–water partition coefficient (Wildman–Crippen LogP) is 4.33. The molecule has 122 valence electrons. The Hall–Kier alpha value is -3.72. The van der Waals surface area contributed by atoms with Crippen LogP contribution in [0.2, 0.25) is 0 Å². The zero-order valence-corrected chi connectivity index (χ0v) is 13.3. The minimum absolute atomic E-state index is 0.0549. The topological polar surface area (TPSA) is 95.5 Å². The van der Waals surface area contributed by atoms with Crippen molar-refractivity contribution in [2.75, 3.05) is 0 Å². The van der Waals surface area contributed by atoms with Crippen molar-refractivity contribution in [3.63, 3.8) is 0 Å². The smallest absolute Gasteiger partial charge is 0.353 e. The Morgan fingerprint density at radius 3 is 2.36 bits per heavy atom. The summed E-state index contributed by atoms with van der Waals surface area (Å²) in [4.78, 5) is 22.5. The van der Waals surface area contributed by atoms with E-state index in [0.29, 0.717) is 27.9 Å². The fourth-order valence-electron chi connectivity index (χ4n) is 2.88. The fraction of sp³-hybridized carbons (Fsp3) is 0.0526. The van der Waals surface area contributed by atoms with Crippen molar-refractivity contribution >= 4 is 11.7 Å². The van der Waals surface area contributed by atoms with Crippen LogP contribution in [0.1, 0.15) is 16.1 Å². The molecule has 6 nitrogen and oxygen atoms in total. The van der Waals surface area contributed by atoms with E-state index in [0.717, 1.165) is 5.56 Å². The third-order valence-electron chi connectivity index (χ3n) is 3.99. The zero-order valence-electron chi connectivity index (χ0n) is 13.3. The molecule has 25 heavy (non-hydrogen) atoms. The molecular weight excluding hydrogens is 318 g/mol. The maximum atomic E-state index is 11.5. The minimum atomic E-state index is -1.10. The number of aromatic carboxylic acids is 1. The lowest BCUT2D eigenvalue weighted by Crippen LogP contribution is -2.05. The van der Waals surface area contributed by atoms with Gasteiger partial charge < -0.3 is 9.67 Å². The lowest BCUT2D eigenvalue weighted by molar-refractivity contribution is 0.0687. The molecule has 0 aliphatic carbocycles. The predicted molar refractivity (Wildman–Crippen MR) is 93.4 cm³/mol. The van der Waals surface area contributed by atoms with E-state index in [9.17, 15) is 20.1 Å². The van der Waals surface area contributed by atoms with Gasteiger partial charge in [0.05, 0.1) is 5.56 Å². The van der Waals surface area contributed by atoms with Crippen LogP contribution in [0.3, 0.4) is 0 Å². The third-order valence-corrected chi connectivity index (χ3v) is 3.99. The summed E-state index contributed by atoms with van der Waals surface area (Å²) in [5.74, 6) is -1.10. The van der Waals surface area contributed by atoms with E-state index in [4.69, 9.17) is 0 Å². The van der Waals surface area contributed by atoms with Crippen LogP contribution in [-0.2, 0) is 7.05 Å². The van der Waals surface area contributed by atoms with Gasteiger partial charge in [-0.3, -0.25) is 0 Å². The Morgan fingerprint density at radius 1 is 1.12 bits per heavy atom. The van der Waals surface area contributed by atoms with E-state index in [1.165, 1.54) is 10.8 Å². The third kappa shape index (κ3) is 2.79. The van der Waals surface area contributed by atoms with E-state index < -0.39 is 5.97 Å². The molecule has 1 heterocycles. The maximum Gasteiger partial charge on any atom is 0.353 e. The van der Waals surface area contributed by atoms with E-state index >= 15 is 0 Å². The van der Waals surface area contributed by atoms with Gasteiger partial charge in [-0.1, -0.05) is 42.5 Å². The summed E-state index contributed by atoms with van der Waals surface area (Å²) < 4.78 is 1.43. The summed E-state index contributed by atoms with van der Waals surface area (Å²) in [6, 6.07) is 16.0. The van der Waals surface area contributed by atoms with Crippen LogP contribution in [0.4, 0.5) is 5.69 Å². The molecule has 0 aliphatic heterocycles. The highest BCUT2D eigenvalue weighted by molar-refractivity contribution is 5.97. The summed E-state index contributed by atoms with van der Waals surface area (Å²) in [7, 11) is 1.59. The number of carboxylic acid groups (broad SMARTS) is 1. The van der Waals surface area contributed by atoms with Crippen LogP contribution in [0, 0.1) is 16.2 Å². The molecule has 0 fully saturated rings. The second kappa shape index (κ2) is 6.42. The molecule has 0 amide bonds. The number of aromatic nitrogens is 1. The first-order chi connectivity index (χ1) is 12.1. The number of nitriles is 1. The molecule has 1 N–H and O–H groups in total. The van der Waals surface area contributed by atoms with Crippen molar-refractivity contribution in [1.29, 1.82) is 5.26 Å². The molecule has 0 aliphatic rings. The molecule has 0 radical (unpaired) electrons. The molecular formula is C19H13N3O3. The average Bonchev–Trinajstić information content (AvgIpc) is 2.98. The van der Waals surface area contributed by atoms with Gasteiger partial charge in [-0.05, 0) is 22.4 Å². The zero-order chi connectivity index (χ0) is 18.0. The maximum absolute atomic E-state index is 11.5. The van der Waals surface area contributed by atoms with Crippen molar-refractivity contribution < 1.29 is 9.90 Å². The number of carboxylic acids is 1. The van der Waals surface area contributed by atoms with Crippen LogP contribution >= 0.6 is 0 Å². The first kappa shape index (κ1) is 16.1. The van der Waals surface area contributed by atoms with E-state index in [2.05, 4.69) is 5.18 Å². The van der Waals surface area contributed by atoms with Crippen molar-refractivity contribution in [3.8, 4) is 28.3 Å². The second-order valence-electron chi connectivity index (χ2n) is 5.48. The van der Waals surface area contributed by atoms with Gasteiger partial charge in [0.15, 0.2) is 0 Å². The highest BCUT2D eigenvalue weighted by atomic mass is 16.4. The number of hydrogen-bond donors (Lipinski definition) is 1. The monoisotopic (exact) mass is 331 g/mol. The van der Waals surface area contributed by atoms with Crippen molar-refractivity contribution in [1.82, 2.24) is 4.57 Å². The van der Waals surface area contributed by atoms with Gasteiger partial charge in [0, 0.05) is 24.4 Å². The molecule has 0 atom stereocenters. The van der Waals surface area contributed by atoms with Crippen LogP contribution in [0.25, 0.3) is 22.3 Å². The van der Waals surface area contributed by atoms with Gasteiger partial charge in [-0.15, -0.1) is 4.91 Å². The average molecular weight is 331 g/mol. The fourth-order valence-corrected chi connectivity index (χ4v) is 2.88.